The van der Waals surface area contributed by atoms with Crippen molar-refractivity contribution in [3.63, 3.8) is 0 Å². The molecule has 5 heteroatoms. The molecule has 0 aromatic carbocycles. The molecule has 0 aromatic heterocycles. The van der Waals surface area contributed by atoms with Crippen LogP contribution in [0.3, 0.4) is 0 Å². The minimum absolute atomic E-state index is 0.285. The monoisotopic (exact) mass is 292 g/mol. The van der Waals surface area contributed by atoms with Crippen LogP contribution in [0.5, 0.6) is 0 Å². The molecule has 0 aromatic rings. The summed E-state index contributed by atoms with van der Waals surface area (Å²) in [5.74, 6) is 0.524. The van der Waals surface area contributed by atoms with Gasteiger partial charge in [0.05, 0.1) is 0 Å². The van der Waals surface area contributed by atoms with Gasteiger partial charge >= 0.3 is 11.9 Å². The number of carbonyl (C=O) groups is 2. The van der Waals surface area contributed by atoms with Crippen molar-refractivity contribution < 1.29 is 14.3 Å². The number of hydrogen-bond acceptors (Lipinski definition) is 5. The summed E-state index contributed by atoms with van der Waals surface area (Å²) < 4.78 is 5.43. The van der Waals surface area contributed by atoms with Crippen LogP contribution >= 0.6 is 0 Å². The molecule has 4 fully saturated rings. The van der Waals surface area contributed by atoms with Crippen molar-refractivity contribution in [1.29, 1.82) is 0 Å². The summed E-state index contributed by atoms with van der Waals surface area (Å²) in [6.45, 7) is 12.1. The van der Waals surface area contributed by atoms with E-state index >= 15 is 0 Å². The largest absolute Gasteiger partial charge is 0.390 e. The Morgan fingerprint density at radius 3 is 1.24 bits per heavy atom. The van der Waals surface area contributed by atoms with E-state index in [9.17, 15) is 9.59 Å². The molecule has 4 heterocycles. The SMILES string of the molecule is CC1CN2CC(C)C12C(=O)OC(=O)C12C(C)CN1CC2C. The summed E-state index contributed by atoms with van der Waals surface area (Å²) in [6, 6.07) is 0. The van der Waals surface area contributed by atoms with Crippen molar-refractivity contribution in [2.75, 3.05) is 26.2 Å². The number of ether oxygens (including phenoxy) is 1. The fourth-order valence-electron chi connectivity index (χ4n) is 5.71. The molecule has 0 bridgehead atoms. The first-order valence-electron chi connectivity index (χ1n) is 8.13. The van der Waals surface area contributed by atoms with Gasteiger partial charge in [-0.25, -0.2) is 9.59 Å². The van der Waals surface area contributed by atoms with Crippen LogP contribution in [0.4, 0.5) is 0 Å². The van der Waals surface area contributed by atoms with Crippen molar-refractivity contribution in [3.05, 3.63) is 0 Å². The zero-order valence-corrected chi connectivity index (χ0v) is 13.3. The normalized spacial score (nSPS) is 51.4. The predicted octanol–water partition coefficient (Wildman–Crippen LogP) is 0.737. The van der Waals surface area contributed by atoms with Crippen LogP contribution < -0.4 is 0 Å². The lowest BCUT2D eigenvalue weighted by Gasteiger charge is -2.69. The van der Waals surface area contributed by atoms with Crippen LogP contribution in [0.1, 0.15) is 27.7 Å². The summed E-state index contributed by atoms with van der Waals surface area (Å²) in [5.41, 5.74) is -1.03. The molecule has 5 nitrogen and oxygen atoms in total. The van der Waals surface area contributed by atoms with E-state index in [0.717, 1.165) is 26.2 Å². The third kappa shape index (κ3) is 1.23. The average molecular weight is 292 g/mol. The van der Waals surface area contributed by atoms with Crippen LogP contribution in [0.2, 0.25) is 0 Å². The number of hydrogen-bond donors (Lipinski definition) is 0. The Morgan fingerprint density at radius 2 is 1.05 bits per heavy atom. The Bertz CT molecular complexity index is 443. The number of fused-ring (bicyclic) bond motifs is 2. The second-order valence-electron chi connectivity index (χ2n) is 7.74. The lowest BCUT2D eigenvalue weighted by atomic mass is 9.59. The molecule has 4 aliphatic heterocycles. The van der Waals surface area contributed by atoms with E-state index in [1.807, 2.05) is 0 Å². The van der Waals surface area contributed by atoms with Crippen molar-refractivity contribution in [1.82, 2.24) is 9.80 Å². The zero-order valence-electron chi connectivity index (χ0n) is 13.3. The van der Waals surface area contributed by atoms with Crippen LogP contribution in [0, 0.1) is 23.7 Å². The maximum absolute atomic E-state index is 12.7. The first-order valence-corrected chi connectivity index (χ1v) is 8.13. The molecule has 0 amide bonds. The van der Waals surface area contributed by atoms with Gasteiger partial charge in [-0.2, -0.15) is 0 Å². The average Bonchev–Trinajstić information content (AvgIpc) is 2.36. The second-order valence-corrected chi connectivity index (χ2v) is 7.74. The van der Waals surface area contributed by atoms with E-state index < -0.39 is 11.1 Å². The number of carbonyl (C=O) groups excluding carboxylic acids is 2. The molecule has 4 rings (SSSR count). The number of nitrogens with zero attached hydrogens (tertiary/aromatic N) is 2. The van der Waals surface area contributed by atoms with Gasteiger partial charge in [-0.3, -0.25) is 9.80 Å². The van der Waals surface area contributed by atoms with E-state index in [2.05, 4.69) is 37.5 Å². The van der Waals surface area contributed by atoms with Gasteiger partial charge in [-0.05, 0) is 23.7 Å². The first-order chi connectivity index (χ1) is 9.86. The summed E-state index contributed by atoms with van der Waals surface area (Å²) in [5, 5.41) is 0. The highest BCUT2D eigenvalue weighted by Gasteiger charge is 2.71. The van der Waals surface area contributed by atoms with Crippen LogP contribution in [-0.4, -0.2) is 59.0 Å². The van der Waals surface area contributed by atoms with Gasteiger partial charge in [0.2, 0.25) is 0 Å². The van der Waals surface area contributed by atoms with Crippen molar-refractivity contribution in [2.45, 2.75) is 38.8 Å². The van der Waals surface area contributed by atoms with Crippen molar-refractivity contribution in [3.8, 4) is 0 Å². The van der Waals surface area contributed by atoms with Crippen LogP contribution in [0.15, 0.2) is 0 Å². The van der Waals surface area contributed by atoms with E-state index in [-0.39, 0.29) is 35.6 Å². The standard InChI is InChI=1S/C16H24N2O3/c1-9-5-17-6-10(2)15(9,17)13(19)21-14(20)16-11(3)7-18(16)8-12(16)4/h9-12H,5-8H2,1-4H3. The molecule has 21 heavy (non-hydrogen) atoms. The molecule has 0 N–H and O–H groups in total. The summed E-state index contributed by atoms with van der Waals surface area (Å²) in [7, 11) is 0. The third-order valence-electron chi connectivity index (χ3n) is 6.87. The summed E-state index contributed by atoms with van der Waals surface area (Å²) >= 11 is 0. The highest BCUT2D eigenvalue weighted by Crippen LogP contribution is 2.54. The van der Waals surface area contributed by atoms with E-state index in [1.165, 1.54) is 0 Å². The summed E-state index contributed by atoms with van der Waals surface area (Å²) in [6.07, 6.45) is 0. The van der Waals surface area contributed by atoms with Gasteiger partial charge in [0, 0.05) is 26.2 Å². The van der Waals surface area contributed by atoms with Gasteiger partial charge in [0.15, 0.2) is 0 Å². The molecular weight excluding hydrogens is 268 g/mol. The topological polar surface area (TPSA) is 49.9 Å². The Balaban J connectivity index is 1.52. The third-order valence-corrected chi connectivity index (χ3v) is 6.87. The summed E-state index contributed by atoms with van der Waals surface area (Å²) in [4.78, 5) is 29.6. The number of piperidine rings is 2. The zero-order chi connectivity index (χ0) is 15.2. The Hall–Kier alpha value is -0.940. The van der Waals surface area contributed by atoms with Crippen molar-refractivity contribution >= 4 is 11.9 Å². The molecule has 4 aliphatic rings. The Morgan fingerprint density at radius 1 is 0.762 bits per heavy atom. The fraction of sp³-hybridized carbons (Fsp3) is 0.875. The smallest absolute Gasteiger partial charge is 0.334 e. The molecule has 4 unspecified atom stereocenters. The molecule has 0 spiro atoms. The minimum Gasteiger partial charge on any atom is -0.390 e. The van der Waals surface area contributed by atoms with Gasteiger partial charge in [-0.1, -0.05) is 27.7 Å². The highest BCUT2D eigenvalue weighted by molar-refractivity contribution is 5.98. The Labute approximate surface area is 125 Å². The molecule has 4 atom stereocenters. The molecular formula is C16H24N2O3. The highest BCUT2D eigenvalue weighted by atomic mass is 16.6. The van der Waals surface area contributed by atoms with Gasteiger partial charge in [0.25, 0.3) is 0 Å². The van der Waals surface area contributed by atoms with Gasteiger partial charge in [0.1, 0.15) is 11.1 Å². The number of rotatable bonds is 2. The van der Waals surface area contributed by atoms with Gasteiger partial charge < -0.3 is 4.74 Å². The lowest BCUT2D eigenvalue weighted by molar-refractivity contribution is -0.242. The number of esters is 2. The molecule has 0 aliphatic carbocycles. The van der Waals surface area contributed by atoms with Crippen molar-refractivity contribution in [2.24, 2.45) is 23.7 Å². The maximum Gasteiger partial charge on any atom is 0.334 e. The van der Waals surface area contributed by atoms with E-state index in [4.69, 9.17) is 4.74 Å². The first kappa shape index (κ1) is 13.7. The predicted molar refractivity (Wildman–Crippen MR) is 76.4 cm³/mol. The van der Waals surface area contributed by atoms with E-state index in [1.54, 1.807) is 0 Å². The minimum atomic E-state index is -0.517. The molecule has 4 saturated heterocycles. The van der Waals surface area contributed by atoms with Gasteiger partial charge in [-0.15, -0.1) is 0 Å². The molecule has 0 radical (unpaired) electrons. The van der Waals surface area contributed by atoms with Crippen LogP contribution in [-0.2, 0) is 14.3 Å². The second kappa shape index (κ2) is 3.87. The quantitative estimate of drug-likeness (QED) is 0.555. The van der Waals surface area contributed by atoms with E-state index in [0.29, 0.717) is 0 Å². The molecule has 0 saturated carbocycles. The fourth-order valence-corrected chi connectivity index (χ4v) is 5.71. The Kier molecular flexibility index (Phi) is 2.53. The lowest BCUT2D eigenvalue weighted by Crippen LogP contribution is -2.85. The molecule has 116 valence electrons. The van der Waals surface area contributed by atoms with Crippen LogP contribution in [0.25, 0.3) is 0 Å². The maximum atomic E-state index is 12.7.